The van der Waals surface area contributed by atoms with Crippen LogP contribution in [0.1, 0.15) is 55.3 Å². The van der Waals surface area contributed by atoms with E-state index in [0.29, 0.717) is 6.04 Å². The molecule has 0 spiro atoms. The molecule has 2 nitrogen and oxygen atoms in total. The minimum atomic E-state index is -0.0478. The number of benzene rings is 1. The maximum absolute atomic E-state index is 9.52. The topological polar surface area (TPSA) is 32.3 Å². The van der Waals surface area contributed by atoms with Gasteiger partial charge in [0.05, 0.1) is 6.10 Å². The van der Waals surface area contributed by atoms with Crippen molar-refractivity contribution in [1.29, 1.82) is 0 Å². The third kappa shape index (κ3) is 4.05. The Morgan fingerprint density at radius 2 is 1.84 bits per heavy atom. The second-order valence-electron chi connectivity index (χ2n) is 6.15. The lowest BCUT2D eigenvalue weighted by molar-refractivity contribution is 0.108. The summed E-state index contributed by atoms with van der Waals surface area (Å²) in [5.74, 6) is 0.734. The number of rotatable bonds is 4. The van der Waals surface area contributed by atoms with E-state index in [4.69, 9.17) is 0 Å². The molecule has 0 saturated heterocycles. The SMILES string of the molecule is Cc1ccc(C(C)NCC2CCC(O)CC2)cc1C. The first kappa shape index (κ1) is 14.5. The molecular formula is C17H27NO. The van der Waals surface area contributed by atoms with E-state index >= 15 is 0 Å². The van der Waals surface area contributed by atoms with Crippen LogP contribution in [-0.4, -0.2) is 17.8 Å². The molecule has 1 aromatic rings. The molecule has 1 saturated carbocycles. The normalized spacial score (nSPS) is 25.3. The van der Waals surface area contributed by atoms with Gasteiger partial charge in [-0.2, -0.15) is 0 Å². The molecule has 2 heteroatoms. The highest BCUT2D eigenvalue weighted by Crippen LogP contribution is 2.24. The van der Waals surface area contributed by atoms with Crippen molar-refractivity contribution < 1.29 is 5.11 Å². The lowest BCUT2D eigenvalue weighted by atomic mass is 9.87. The van der Waals surface area contributed by atoms with E-state index in [1.807, 2.05) is 0 Å². The van der Waals surface area contributed by atoms with Gasteiger partial charge in [0.2, 0.25) is 0 Å². The second-order valence-corrected chi connectivity index (χ2v) is 6.15. The summed E-state index contributed by atoms with van der Waals surface area (Å²) < 4.78 is 0. The zero-order valence-electron chi connectivity index (χ0n) is 12.4. The standard InChI is InChI=1S/C17H27NO/c1-12-4-7-16(10-13(12)2)14(3)18-11-15-5-8-17(19)9-6-15/h4,7,10,14-15,17-19H,5-6,8-9,11H2,1-3H3. The molecule has 0 heterocycles. The van der Waals surface area contributed by atoms with Crippen LogP contribution in [0.15, 0.2) is 18.2 Å². The molecule has 1 unspecified atom stereocenters. The Balaban J connectivity index is 1.83. The van der Waals surface area contributed by atoms with Gasteiger partial charge in [-0.15, -0.1) is 0 Å². The first-order valence-corrected chi connectivity index (χ1v) is 7.55. The van der Waals surface area contributed by atoms with Gasteiger partial charge in [-0.1, -0.05) is 18.2 Å². The Hall–Kier alpha value is -0.860. The van der Waals surface area contributed by atoms with Gasteiger partial charge in [0.1, 0.15) is 0 Å². The van der Waals surface area contributed by atoms with Crippen LogP contribution in [0.2, 0.25) is 0 Å². The lowest BCUT2D eigenvalue weighted by Gasteiger charge is -2.27. The van der Waals surface area contributed by atoms with Crippen LogP contribution >= 0.6 is 0 Å². The molecule has 0 radical (unpaired) electrons. The molecule has 0 bridgehead atoms. The summed E-state index contributed by atoms with van der Waals surface area (Å²) >= 11 is 0. The van der Waals surface area contributed by atoms with E-state index in [1.54, 1.807) is 0 Å². The molecule has 1 atom stereocenters. The van der Waals surface area contributed by atoms with Crippen molar-refractivity contribution >= 4 is 0 Å². The molecule has 0 aromatic heterocycles. The highest BCUT2D eigenvalue weighted by molar-refractivity contribution is 5.31. The average molecular weight is 261 g/mol. The van der Waals surface area contributed by atoms with Gasteiger partial charge in [-0.25, -0.2) is 0 Å². The van der Waals surface area contributed by atoms with Crippen molar-refractivity contribution in [3.8, 4) is 0 Å². The van der Waals surface area contributed by atoms with Gasteiger partial charge in [-0.3, -0.25) is 0 Å². The van der Waals surface area contributed by atoms with Crippen LogP contribution in [-0.2, 0) is 0 Å². The molecule has 0 aliphatic heterocycles. The lowest BCUT2D eigenvalue weighted by Crippen LogP contribution is -2.29. The summed E-state index contributed by atoms with van der Waals surface area (Å²) in [5, 5.41) is 13.2. The van der Waals surface area contributed by atoms with E-state index in [0.717, 1.165) is 38.1 Å². The van der Waals surface area contributed by atoms with Crippen molar-refractivity contribution in [3.63, 3.8) is 0 Å². The fraction of sp³-hybridized carbons (Fsp3) is 0.647. The Bertz CT molecular complexity index is 408. The van der Waals surface area contributed by atoms with Crippen LogP contribution in [0.25, 0.3) is 0 Å². The van der Waals surface area contributed by atoms with Crippen molar-refractivity contribution in [1.82, 2.24) is 5.32 Å². The first-order chi connectivity index (χ1) is 9.06. The smallest absolute Gasteiger partial charge is 0.0540 e. The van der Waals surface area contributed by atoms with Crippen LogP contribution in [0.5, 0.6) is 0 Å². The largest absolute Gasteiger partial charge is 0.393 e. The van der Waals surface area contributed by atoms with Crippen molar-refractivity contribution in [2.75, 3.05) is 6.54 Å². The zero-order valence-corrected chi connectivity index (χ0v) is 12.4. The summed E-state index contributed by atoms with van der Waals surface area (Å²) in [5.41, 5.74) is 4.10. The van der Waals surface area contributed by atoms with Gasteiger partial charge < -0.3 is 10.4 Å². The molecule has 2 N–H and O–H groups in total. The number of hydrogen-bond acceptors (Lipinski definition) is 2. The molecular weight excluding hydrogens is 234 g/mol. The molecule has 1 aromatic carbocycles. The number of hydrogen-bond donors (Lipinski definition) is 2. The first-order valence-electron chi connectivity index (χ1n) is 7.55. The molecule has 2 rings (SSSR count). The van der Waals surface area contributed by atoms with E-state index in [-0.39, 0.29) is 6.10 Å². The highest BCUT2D eigenvalue weighted by atomic mass is 16.3. The summed E-state index contributed by atoms with van der Waals surface area (Å²) in [6.07, 6.45) is 4.23. The third-order valence-electron chi connectivity index (χ3n) is 4.56. The number of nitrogens with one attached hydrogen (secondary N) is 1. The third-order valence-corrected chi connectivity index (χ3v) is 4.56. The summed E-state index contributed by atoms with van der Waals surface area (Å²) in [6, 6.07) is 7.13. The number of aliphatic hydroxyl groups is 1. The average Bonchev–Trinajstić information content (AvgIpc) is 2.41. The van der Waals surface area contributed by atoms with E-state index < -0.39 is 0 Å². The molecule has 106 valence electrons. The Kier molecular flexibility index (Phi) is 5.00. The highest BCUT2D eigenvalue weighted by Gasteiger charge is 2.19. The van der Waals surface area contributed by atoms with Crippen LogP contribution in [0.3, 0.4) is 0 Å². The predicted octanol–water partition coefficient (Wildman–Crippen LogP) is 3.51. The maximum Gasteiger partial charge on any atom is 0.0540 e. The Morgan fingerprint density at radius 1 is 1.16 bits per heavy atom. The minimum absolute atomic E-state index is 0.0478. The summed E-state index contributed by atoms with van der Waals surface area (Å²) in [6.45, 7) is 7.64. The van der Waals surface area contributed by atoms with Crippen molar-refractivity contribution in [3.05, 3.63) is 34.9 Å². The van der Waals surface area contributed by atoms with Gasteiger partial charge in [-0.05, 0) is 75.6 Å². The fourth-order valence-corrected chi connectivity index (χ4v) is 2.84. The van der Waals surface area contributed by atoms with E-state index in [1.165, 1.54) is 16.7 Å². The molecule has 1 aliphatic carbocycles. The fourth-order valence-electron chi connectivity index (χ4n) is 2.84. The van der Waals surface area contributed by atoms with Gasteiger partial charge in [0, 0.05) is 6.04 Å². The predicted molar refractivity (Wildman–Crippen MR) is 80.3 cm³/mol. The summed E-state index contributed by atoms with van der Waals surface area (Å²) in [7, 11) is 0. The molecule has 0 amide bonds. The van der Waals surface area contributed by atoms with Gasteiger partial charge >= 0.3 is 0 Å². The van der Waals surface area contributed by atoms with E-state index in [9.17, 15) is 5.11 Å². The van der Waals surface area contributed by atoms with Crippen LogP contribution in [0, 0.1) is 19.8 Å². The molecule has 1 aliphatic rings. The number of aliphatic hydroxyl groups excluding tert-OH is 1. The second kappa shape index (κ2) is 6.53. The molecule has 19 heavy (non-hydrogen) atoms. The Morgan fingerprint density at radius 3 is 2.47 bits per heavy atom. The van der Waals surface area contributed by atoms with Crippen molar-refractivity contribution in [2.45, 2.75) is 58.6 Å². The van der Waals surface area contributed by atoms with Gasteiger partial charge in [0.15, 0.2) is 0 Å². The summed E-state index contributed by atoms with van der Waals surface area (Å²) in [4.78, 5) is 0. The quantitative estimate of drug-likeness (QED) is 0.869. The van der Waals surface area contributed by atoms with Gasteiger partial charge in [0.25, 0.3) is 0 Å². The Labute approximate surface area is 117 Å². The monoisotopic (exact) mass is 261 g/mol. The van der Waals surface area contributed by atoms with Crippen LogP contribution in [0.4, 0.5) is 0 Å². The zero-order chi connectivity index (χ0) is 13.8. The maximum atomic E-state index is 9.52. The van der Waals surface area contributed by atoms with Crippen LogP contribution < -0.4 is 5.32 Å². The van der Waals surface area contributed by atoms with E-state index in [2.05, 4.69) is 44.3 Å². The minimum Gasteiger partial charge on any atom is -0.393 e. The van der Waals surface area contributed by atoms with Crippen molar-refractivity contribution in [2.24, 2.45) is 5.92 Å². The number of aryl methyl sites for hydroxylation is 2. The molecule has 1 fully saturated rings.